The van der Waals surface area contributed by atoms with Crippen molar-refractivity contribution in [1.29, 1.82) is 0 Å². The third-order valence-corrected chi connectivity index (χ3v) is 6.09. The van der Waals surface area contributed by atoms with Crippen LogP contribution in [-0.4, -0.2) is 25.8 Å². The first-order chi connectivity index (χ1) is 8.90. The van der Waals surface area contributed by atoms with Crippen LogP contribution in [0.1, 0.15) is 25.3 Å². The minimum absolute atomic E-state index is 0.596. The van der Waals surface area contributed by atoms with Crippen molar-refractivity contribution in [3.63, 3.8) is 0 Å². The maximum atomic E-state index is 12.3. The van der Waals surface area contributed by atoms with Crippen LogP contribution in [0.2, 0.25) is 0 Å². The zero-order chi connectivity index (χ0) is 14.0. The second kappa shape index (κ2) is 5.81. The van der Waals surface area contributed by atoms with Gasteiger partial charge in [-0.15, -0.1) is 0 Å². The Morgan fingerprint density at radius 3 is 2.58 bits per heavy atom. The Morgan fingerprint density at radius 1 is 1.32 bits per heavy atom. The summed E-state index contributed by atoms with van der Waals surface area (Å²) in [6.07, 6.45) is 1.85. The number of hydrogen-bond acceptors (Lipinski definition) is 2. The van der Waals surface area contributed by atoms with Crippen LogP contribution >= 0.6 is 15.9 Å². The Balaban J connectivity index is 2.15. The van der Waals surface area contributed by atoms with Crippen LogP contribution in [0.3, 0.4) is 0 Å². The maximum Gasteiger partial charge on any atom is 0.301 e. The highest BCUT2D eigenvalue weighted by Crippen LogP contribution is 2.28. The fourth-order valence-electron chi connectivity index (χ4n) is 2.16. The quantitative estimate of drug-likeness (QED) is 0.913. The summed E-state index contributed by atoms with van der Waals surface area (Å²) < 4.78 is 29.6. The molecule has 0 atom stereocenters. The molecule has 1 aliphatic heterocycles. The lowest BCUT2D eigenvalue weighted by Gasteiger charge is -2.29. The number of halogens is 1. The van der Waals surface area contributed by atoms with Gasteiger partial charge in [0.1, 0.15) is 0 Å². The number of hydrogen-bond donors (Lipinski definition) is 1. The molecule has 0 unspecified atom stereocenters. The Hall–Kier alpha value is -0.590. The Bertz CT molecular complexity index is 552. The number of rotatable bonds is 3. The molecule has 0 aromatic heterocycles. The number of nitrogens with one attached hydrogen (secondary N) is 1. The molecule has 0 radical (unpaired) electrons. The molecular weight excluding hydrogens is 328 g/mol. The molecule has 0 amide bonds. The van der Waals surface area contributed by atoms with Crippen molar-refractivity contribution in [3.8, 4) is 0 Å². The monoisotopic (exact) mass is 346 g/mol. The van der Waals surface area contributed by atoms with Crippen molar-refractivity contribution < 1.29 is 8.42 Å². The van der Waals surface area contributed by atoms with Gasteiger partial charge in [0.15, 0.2) is 0 Å². The first-order valence-corrected chi connectivity index (χ1v) is 8.66. The molecule has 6 heteroatoms. The highest BCUT2D eigenvalue weighted by atomic mass is 79.9. The van der Waals surface area contributed by atoms with E-state index in [1.807, 2.05) is 19.1 Å². The molecule has 1 N–H and O–H groups in total. The first-order valence-electron chi connectivity index (χ1n) is 6.43. The van der Waals surface area contributed by atoms with Gasteiger partial charge in [0.25, 0.3) is 0 Å². The summed E-state index contributed by atoms with van der Waals surface area (Å²) >= 11 is 3.42. The topological polar surface area (TPSA) is 49.4 Å². The lowest BCUT2D eigenvalue weighted by molar-refractivity contribution is 0.289. The minimum atomic E-state index is -3.45. The molecule has 0 saturated carbocycles. The molecule has 1 aromatic carbocycles. The molecule has 0 aliphatic carbocycles. The lowest BCUT2D eigenvalue weighted by Crippen LogP contribution is -2.41. The van der Waals surface area contributed by atoms with Gasteiger partial charge in [-0.1, -0.05) is 19.1 Å². The average molecular weight is 347 g/mol. The van der Waals surface area contributed by atoms with Crippen LogP contribution in [0.15, 0.2) is 22.7 Å². The zero-order valence-corrected chi connectivity index (χ0v) is 13.6. The molecule has 106 valence electrons. The third-order valence-electron chi connectivity index (χ3n) is 3.51. The predicted molar refractivity (Wildman–Crippen MR) is 81.4 cm³/mol. The zero-order valence-electron chi connectivity index (χ0n) is 11.2. The van der Waals surface area contributed by atoms with Crippen LogP contribution in [0.25, 0.3) is 0 Å². The fourth-order valence-corrected chi connectivity index (χ4v) is 3.92. The van der Waals surface area contributed by atoms with Crippen molar-refractivity contribution in [2.24, 2.45) is 5.92 Å². The standard InChI is InChI=1S/C13H19BrN2O2S/c1-10-6-8-16(9-7-10)19(17,18)15-12-5-3-4-11(2)13(12)14/h3-5,10,15H,6-9H2,1-2H3. The van der Waals surface area contributed by atoms with E-state index in [0.717, 1.165) is 22.9 Å². The fraction of sp³-hybridized carbons (Fsp3) is 0.538. The van der Waals surface area contributed by atoms with Crippen molar-refractivity contribution in [2.45, 2.75) is 26.7 Å². The van der Waals surface area contributed by atoms with Gasteiger partial charge in [-0.05, 0) is 53.2 Å². The summed E-state index contributed by atoms with van der Waals surface area (Å²) in [6, 6.07) is 5.54. The van der Waals surface area contributed by atoms with Crippen LogP contribution in [0, 0.1) is 12.8 Å². The minimum Gasteiger partial charge on any atom is -0.270 e. The molecular formula is C13H19BrN2O2S. The number of aryl methyl sites for hydroxylation is 1. The van der Waals surface area contributed by atoms with E-state index < -0.39 is 10.2 Å². The number of nitrogens with zero attached hydrogens (tertiary/aromatic N) is 1. The van der Waals surface area contributed by atoms with Gasteiger partial charge in [0, 0.05) is 17.6 Å². The summed E-state index contributed by atoms with van der Waals surface area (Å²) in [5.41, 5.74) is 1.60. The van der Waals surface area contributed by atoms with Crippen molar-refractivity contribution in [2.75, 3.05) is 17.8 Å². The Morgan fingerprint density at radius 2 is 1.95 bits per heavy atom. The first kappa shape index (κ1) is 14.8. The maximum absolute atomic E-state index is 12.3. The molecule has 0 bridgehead atoms. The summed E-state index contributed by atoms with van der Waals surface area (Å²) in [5.74, 6) is 0.608. The average Bonchev–Trinajstić information content (AvgIpc) is 2.35. The molecule has 0 spiro atoms. The summed E-state index contributed by atoms with van der Waals surface area (Å²) in [7, 11) is -3.45. The highest BCUT2D eigenvalue weighted by molar-refractivity contribution is 9.10. The molecule has 1 aromatic rings. The van der Waals surface area contributed by atoms with E-state index in [4.69, 9.17) is 0 Å². The van der Waals surface area contributed by atoms with Crippen LogP contribution in [0.5, 0.6) is 0 Å². The van der Waals surface area contributed by atoms with Crippen molar-refractivity contribution >= 4 is 31.8 Å². The number of benzene rings is 1. The van der Waals surface area contributed by atoms with E-state index in [9.17, 15) is 8.42 Å². The van der Waals surface area contributed by atoms with Crippen LogP contribution in [-0.2, 0) is 10.2 Å². The Kier molecular flexibility index (Phi) is 4.53. The second-order valence-corrected chi connectivity index (χ2v) is 7.59. The van der Waals surface area contributed by atoms with Gasteiger partial charge in [0.05, 0.1) is 5.69 Å². The number of anilines is 1. The van der Waals surface area contributed by atoms with E-state index in [2.05, 4.69) is 27.6 Å². The molecule has 1 aliphatic rings. The van der Waals surface area contributed by atoms with Gasteiger partial charge >= 0.3 is 10.2 Å². The van der Waals surface area contributed by atoms with E-state index in [-0.39, 0.29) is 0 Å². The molecule has 2 rings (SSSR count). The molecule has 19 heavy (non-hydrogen) atoms. The summed E-state index contributed by atoms with van der Waals surface area (Å²) in [4.78, 5) is 0. The van der Waals surface area contributed by atoms with Crippen LogP contribution < -0.4 is 4.72 Å². The van der Waals surface area contributed by atoms with Crippen LogP contribution in [0.4, 0.5) is 5.69 Å². The van der Waals surface area contributed by atoms with Gasteiger partial charge in [-0.3, -0.25) is 4.72 Å². The van der Waals surface area contributed by atoms with Crippen molar-refractivity contribution in [1.82, 2.24) is 4.31 Å². The van der Waals surface area contributed by atoms with E-state index in [0.29, 0.717) is 24.7 Å². The lowest BCUT2D eigenvalue weighted by atomic mass is 10.0. The van der Waals surface area contributed by atoms with Gasteiger partial charge in [-0.2, -0.15) is 12.7 Å². The van der Waals surface area contributed by atoms with E-state index >= 15 is 0 Å². The molecule has 1 heterocycles. The SMILES string of the molecule is Cc1cccc(NS(=O)(=O)N2CCC(C)CC2)c1Br. The molecule has 1 fully saturated rings. The summed E-state index contributed by atoms with van der Waals surface area (Å²) in [6.45, 7) is 5.29. The smallest absolute Gasteiger partial charge is 0.270 e. The summed E-state index contributed by atoms with van der Waals surface area (Å²) in [5, 5.41) is 0. The third kappa shape index (κ3) is 3.49. The molecule has 1 saturated heterocycles. The Labute approximate surface area is 123 Å². The van der Waals surface area contributed by atoms with Crippen molar-refractivity contribution in [3.05, 3.63) is 28.2 Å². The number of piperidine rings is 1. The predicted octanol–water partition coefficient (Wildman–Crippen LogP) is 3.15. The van der Waals surface area contributed by atoms with E-state index in [1.54, 1.807) is 6.07 Å². The van der Waals surface area contributed by atoms with E-state index in [1.165, 1.54) is 4.31 Å². The van der Waals surface area contributed by atoms with Gasteiger partial charge in [0.2, 0.25) is 0 Å². The van der Waals surface area contributed by atoms with Gasteiger partial charge < -0.3 is 0 Å². The van der Waals surface area contributed by atoms with Gasteiger partial charge in [-0.25, -0.2) is 0 Å². The normalized spacial score (nSPS) is 18.5. The molecule has 4 nitrogen and oxygen atoms in total. The second-order valence-electron chi connectivity index (χ2n) is 5.13. The largest absolute Gasteiger partial charge is 0.301 e. The highest BCUT2D eigenvalue weighted by Gasteiger charge is 2.26.